The molecule has 0 aliphatic heterocycles. The summed E-state index contributed by atoms with van der Waals surface area (Å²) in [4.78, 5) is 9.36. The van der Waals surface area contributed by atoms with Gasteiger partial charge in [0, 0.05) is 6.04 Å². The predicted molar refractivity (Wildman–Crippen MR) is 58.2 cm³/mol. The second-order valence-electron chi connectivity index (χ2n) is 3.53. The molecule has 0 aliphatic carbocycles. The molecule has 2 N–H and O–H groups in total. The van der Waals surface area contributed by atoms with Gasteiger partial charge in [-0.1, -0.05) is 26.7 Å². The Morgan fingerprint density at radius 1 is 1.43 bits per heavy atom. The minimum absolute atomic E-state index is 0.0254. The van der Waals surface area contributed by atoms with Gasteiger partial charge in [0.15, 0.2) is 0 Å². The van der Waals surface area contributed by atoms with Crippen molar-refractivity contribution in [1.82, 2.24) is 5.09 Å². The topological polar surface area (TPSA) is 58.6 Å². The van der Waals surface area contributed by atoms with Crippen molar-refractivity contribution in [3.05, 3.63) is 0 Å². The molecule has 0 spiro atoms. The van der Waals surface area contributed by atoms with E-state index in [1.807, 2.05) is 20.8 Å². The van der Waals surface area contributed by atoms with Crippen molar-refractivity contribution >= 4 is 7.75 Å². The van der Waals surface area contributed by atoms with Gasteiger partial charge in [0.05, 0.1) is 6.61 Å². The van der Waals surface area contributed by atoms with Crippen molar-refractivity contribution in [3.8, 4) is 0 Å². The monoisotopic (exact) mass is 223 g/mol. The molecule has 0 fully saturated rings. The molecule has 2 unspecified atom stereocenters. The predicted octanol–water partition coefficient (Wildman–Crippen LogP) is 2.68. The molecule has 0 rings (SSSR count). The largest absolute Gasteiger partial charge is 0.403 e. The van der Waals surface area contributed by atoms with Gasteiger partial charge in [-0.25, -0.2) is 9.65 Å². The first kappa shape index (κ1) is 14.1. The van der Waals surface area contributed by atoms with Crippen LogP contribution in [-0.2, 0) is 9.09 Å². The maximum atomic E-state index is 11.4. The highest BCUT2D eigenvalue weighted by Crippen LogP contribution is 2.37. The van der Waals surface area contributed by atoms with Crippen LogP contribution in [0.25, 0.3) is 0 Å². The molecule has 0 heterocycles. The van der Waals surface area contributed by atoms with Crippen molar-refractivity contribution in [2.45, 2.75) is 52.5 Å². The summed E-state index contributed by atoms with van der Waals surface area (Å²) in [6.45, 7) is 6.28. The van der Waals surface area contributed by atoms with Gasteiger partial charge in [-0.15, -0.1) is 0 Å². The molecule has 14 heavy (non-hydrogen) atoms. The maximum Gasteiger partial charge on any atom is 0.403 e. The summed E-state index contributed by atoms with van der Waals surface area (Å²) >= 11 is 0. The fraction of sp³-hybridized carbons (Fsp3) is 1.00. The van der Waals surface area contributed by atoms with Crippen molar-refractivity contribution in [1.29, 1.82) is 0 Å². The maximum absolute atomic E-state index is 11.4. The second-order valence-corrected chi connectivity index (χ2v) is 5.08. The van der Waals surface area contributed by atoms with Crippen molar-refractivity contribution in [3.63, 3.8) is 0 Å². The molecular weight excluding hydrogens is 201 g/mol. The summed E-state index contributed by atoms with van der Waals surface area (Å²) in [7, 11) is -3.56. The first-order chi connectivity index (χ1) is 6.52. The van der Waals surface area contributed by atoms with Gasteiger partial charge < -0.3 is 4.89 Å². The highest BCUT2D eigenvalue weighted by Gasteiger charge is 2.20. The Morgan fingerprint density at radius 3 is 2.57 bits per heavy atom. The SMILES string of the molecule is CCCCOP(=O)(O)NC(C)CCC. The third-order valence-electron chi connectivity index (χ3n) is 1.87. The van der Waals surface area contributed by atoms with Crippen LogP contribution >= 0.6 is 7.75 Å². The third kappa shape index (κ3) is 7.51. The van der Waals surface area contributed by atoms with Gasteiger partial charge in [-0.2, -0.15) is 0 Å². The lowest BCUT2D eigenvalue weighted by Crippen LogP contribution is -2.23. The Hall–Kier alpha value is 0.110. The lowest BCUT2D eigenvalue weighted by atomic mass is 10.2. The first-order valence-corrected chi connectivity index (χ1v) is 6.84. The minimum Gasteiger partial charge on any atom is -0.312 e. The molecule has 0 amide bonds. The van der Waals surface area contributed by atoms with Gasteiger partial charge in [0.2, 0.25) is 0 Å². The lowest BCUT2D eigenvalue weighted by molar-refractivity contribution is 0.241. The van der Waals surface area contributed by atoms with E-state index in [4.69, 9.17) is 4.52 Å². The van der Waals surface area contributed by atoms with E-state index < -0.39 is 7.75 Å². The van der Waals surface area contributed by atoms with Gasteiger partial charge in [-0.05, 0) is 19.8 Å². The van der Waals surface area contributed by atoms with Crippen molar-refractivity contribution < 1.29 is 14.0 Å². The van der Waals surface area contributed by atoms with E-state index in [-0.39, 0.29) is 6.04 Å². The second kappa shape index (κ2) is 7.41. The zero-order chi connectivity index (χ0) is 11.0. The van der Waals surface area contributed by atoms with Gasteiger partial charge in [0.25, 0.3) is 0 Å². The first-order valence-electron chi connectivity index (χ1n) is 5.27. The number of rotatable bonds is 8. The molecule has 86 valence electrons. The number of unbranched alkanes of at least 4 members (excludes halogenated alkanes) is 1. The number of nitrogens with one attached hydrogen (secondary N) is 1. The highest BCUT2D eigenvalue weighted by molar-refractivity contribution is 7.50. The molecule has 0 aromatic heterocycles. The van der Waals surface area contributed by atoms with E-state index in [2.05, 4.69) is 5.09 Å². The molecule has 2 atom stereocenters. The standard InChI is InChI=1S/C9H22NO3P/c1-4-6-8-13-14(11,12)10-9(3)7-5-2/h9H,4-8H2,1-3H3,(H2,10,11,12). The summed E-state index contributed by atoms with van der Waals surface area (Å²) < 4.78 is 16.3. The Bertz CT molecular complexity index is 187. The Labute approximate surface area is 86.6 Å². The zero-order valence-corrected chi connectivity index (χ0v) is 10.2. The van der Waals surface area contributed by atoms with Crippen LogP contribution in [0.5, 0.6) is 0 Å². The Morgan fingerprint density at radius 2 is 2.07 bits per heavy atom. The molecule has 0 aromatic rings. The average molecular weight is 223 g/mol. The van der Waals surface area contributed by atoms with Crippen LogP contribution in [0, 0.1) is 0 Å². The normalized spacial score (nSPS) is 17.7. The molecule has 0 aromatic carbocycles. The van der Waals surface area contributed by atoms with Crippen molar-refractivity contribution in [2.75, 3.05) is 6.61 Å². The van der Waals surface area contributed by atoms with E-state index in [1.54, 1.807) is 0 Å². The molecule has 5 heteroatoms. The van der Waals surface area contributed by atoms with E-state index in [1.165, 1.54) is 0 Å². The van der Waals surface area contributed by atoms with Crippen LogP contribution < -0.4 is 5.09 Å². The van der Waals surface area contributed by atoms with Crippen LogP contribution in [0.3, 0.4) is 0 Å². The summed E-state index contributed by atoms with van der Waals surface area (Å²) in [5, 5.41) is 2.60. The van der Waals surface area contributed by atoms with Crippen LogP contribution in [0.15, 0.2) is 0 Å². The van der Waals surface area contributed by atoms with E-state index in [9.17, 15) is 9.46 Å². The van der Waals surface area contributed by atoms with Crippen LogP contribution in [0.1, 0.15) is 46.5 Å². The fourth-order valence-corrected chi connectivity index (χ4v) is 2.28. The molecule has 0 saturated heterocycles. The van der Waals surface area contributed by atoms with Gasteiger partial charge in [0.1, 0.15) is 0 Å². The smallest absolute Gasteiger partial charge is 0.312 e. The lowest BCUT2D eigenvalue weighted by Gasteiger charge is -2.17. The summed E-state index contributed by atoms with van der Waals surface area (Å²) in [6, 6.07) is 0.0254. The zero-order valence-electron chi connectivity index (χ0n) is 9.32. The van der Waals surface area contributed by atoms with Gasteiger partial charge in [-0.3, -0.25) is 4.52 Å². The van der Waals surface area contributed by atoms with Crippen LogP contribution in [0.4, 0.5) is 0 Å². The molecule has 0 saturated carbocycles. The van der Waals surface area contributed by atoms with Crippen molar-refractivity contribution in [2.24, 2.45) is 0 Å². The highest BCUT2D eigenvalue weighted by atomic mass is 31.2. The Kier molecular flexibility index (Phi) is 7.47. The molecule has 0 radical (unpaired) electrons. The van der Waals surface area contributed by atoms with E-state index >= 15 is 0 Å². The average Bonchev–Trinajstić information content (AvgIpc) is 2.03. The van der Waals surface area contributed by atoms with Gasteiger partial charge >= 0.3 is 7.75 Å². The van der Waals surface area contributed by atoms with Crippen LogP contribution in [0.2, 0.25) is 0 Å². The molecular formula is C9H22NO3P. The molecule has 0 bridgehead atoms. The Balaban J connectivity index is 3.76. The summed E-state index contributed by atoms with van der Waals surface area (Å²) in [5.74, 6) is 0. The molecule has 4 nitrogen and oxygen atoms in total. The molecule has 0 aliphatic rings. The number of hydrogen-bond acceptors (Lipinski definition) is 2. The quantitative estimate of drug-likeness (QED) is 0.490. The summed E-state index contributed by atoms with van der Waals surface area (Å²) in [6.07, 6.45) is 3.64. The number of hydrogen-bond donors (Lipinski definition) is 2. The fourth-order valence-electron chi connectivity index (χ4n) is 1.15. The van der Waals surface area contributed by atoms with E-state index in [0.717, 1.165) is 25.7 Å². The third-order valence-corrected chi connectivity index (χ3v) is 3.17. The summed E-state index contributed by atoms with van der Waals surface area (Å²) in [5.41, 5.74) is 0. The van der Waals surface area contributed by atoms with Crippen LogP contribution in [-0.4, -0.2) is 17.5 Å². The minimum atomic E-state index is -3.56. The van der Waals surface area contributed by atoms with E-state index in [0.29, 0.717) is 6.61 Å².